The Hall–Kier alpha value is -3.11. The van der Waals surface area contributed by atoms with Gasteiger partial charge in [0, 0.05) is 11.5 Å². The number of nitrogens with zero attached hydrogens (tertiary/aromatic N) is 2. The summed E-state index contributed by atoms with van der Waals surface area (Å²) in [5.41, 5.74) is 7.99. The monoisotopic (exact) mass is 447 g/mol. The van der Waals surface area contributed by atoms with E-state index in [1.165, 1.54) is 18.6 Å². The highest BCUT2D eigenvalue weighted by atomic mass is 19.1. The van der Waals surface area contributed by atoms with Gasteiger partial charge in [-0.2, -0.15) is 5.26 Å². The van der Waals surface area contributed by atoms with E-state index < -0.39 is 11.4 Å². The van der Waals surface area contributed by atoms with Gasteiger partial charge < -0.3 is 19.9 Å². The minimum Gasteiger partial charge on any atom is -0.490 e. The fourth-order valence-electron chi connectivity index (χ4n) is 5.76. The number of hydrogen-bond donors (Lipinski definition) is 1. The molecule has 0 bridgehead atoms. The van der Waals surface area contributed by atoms with E-state index in [4.69, 9.17) is 24.9 Å². The maximum atomic E-state index is 14.1. The summed E-state index contributed by atoms with van der Waals surface area (Å²) in [5.74, 6) is 0.391. The van der Waals surface area contributed by atoms with Gasteiger partial charge >= 0.3 is 0 Å². The maximum absolute atomic E-state index is 14.1. The Labute approximate surface area is 192 Å². The molecule has 2 N–H and O–H groups in total. The van der Waals surface area contributed by atoms with Crippen molar-refractivity contribution in [1.29, 1.82) is 5.26 Å². The second-order valence-corrected chi connectivity index (χ2v) is 9.60. The molecule has 2 fully saturated rings. The van der Waals surface area contributed by atoms with E-state index in [2.05, 4.69) is 0 Å². The minimum absolute atomic E-state index is 0.0159. The molecule has 0 radical (unpaired) electrons. The van der Waals surface area contributed by atoms with Gasteiger partial charge in [-0.05, 0) is 80.0 Å². The first-order valence-electron chi connectivity index (χ1n) is 11.7. The average molecular weight is 448 g/mol. The summed E-state index contributed by atoms with van der Waals surface area (Å²) < 4.78 is 32.7. The molecule has 7 heteroatoms. The third-order valence-electron chi connectivity index (χ3n) is 7.62. The summed E-state index contributed by atoms with van der Waals surface area (Å²) in [6.07, 6.45) is 6.81. The summed E-state index contributed by atoms with van der Waals surface area (Å²) in [7, 11) is 0. The maximum Gasteiger partial charge on any atom is 0.283 e. The molecular formula is C26H26FN3O3. The lowest BCUT2D eigenvalue weighted by atomic mass is 9.67. The molecule has 2 saturated carbocycles. The van der Waals surface area contributed by atoms with E-state index in [9.17, 15) is 9.65 Å². The molecule has 2 aromatic rings. The molecule has 1 spiro atoms. The normalized spacial score (nSPS) is 30.3. The molecule has 2 aromatic carbocycles. The number of fused-ring (bicyclic) bond motifs is 4. The molecule has 4 atom stereocenters. The van der Waals surface area contributed by atoms with Gasteiger partial charge in [0.25, 0.3) is 6.02 Å². The molecule has 2 aliphatic carbocycles. The van der Waals surface area contributed by atoms with Gasteiger partial charge in [0.2, 0.25) is 0 Å². The number of aliphatic imine (C=N–C) groups is 1. The first kappa shape index (κ1) is 20.5. The van der Waals surface area contributed by atoms with Crippen molar-refractivity contribution in [1.82, 2.24) is 0 Å². The largest absolute Gasteiger partial charge is 0.490 e. The van der Waals surface area contributed by atoms with Gasteiger partial charge in [-0.1, -0.05) is 6.07 Å². The highest BCUT2D eigenvalue weighted by molar-refractivity contribution is 5.75. The van der Waals surface area contributed by atoms with Crippen LogP contribution in [0.3, 0.4) is 0 Å². The topological polar surface area (TPSA) is 89.9 Å². The van der Waals surface area contributed by atoms with E-state index in [1.54, 1.807) is 6.07 Å². The van der Waals surface area contributed by atoms with Crippen LogP contribution >= 0.6 is 0 Å². The van der Waals surface area contributed by atoms with Crippen LogP contribution < -0.4 is 10.5 Å². The molecule has 1 unspecified atom stereocenters. The molecule has 33 heavy (non-hydrogen) atoms. The zero-order valence-electron chi connectivity index (χ0n) is 18.3. The number of nitriles is 1. The third kappa shape index (κ3) is 3.44. The van der Waals surface area contributed by atoms with Crippen LogP contribution in [0.25, 0.3) is 11.1 Å². The average Bonchev–Trinajstić information content (AvgIpc) is 3.18. The van der Waals surface area contributed by atoms with Gasteiger partial charge in [0.1, 0.15) is 29.8 Å². The summed E-state index contributed by atoms with van der Waals surface area (Å²) in [5, 5.41) is 9.26. The molecule has 170 valence electrons. The van der Waals surface area contributed by atoms with Crippen LogP contribution in [0.4, 0.5) is 4.39 Å². The summed E-state index contributed by atoms with van der Waals surface area (Å²) in [4.78, 5) is 4.85. The highest BCUT2D eigenvalue weighted by Gasteiger charge is 2.56. The molecule has 0 amide bonds. The van der Waals surface area contributed by atoms with E-state index in [1.807, 2.05) is 24.3 Å². The minimum atomic E-state index is -0.661. The van der Waals surface area contributed by atoms with Crippen LogP contribution in [0.2, 0.25) is 0 Å². The van der Waals surface area contributed by atoms with E-state index >= 15 is 0 Å². The molecule has 2 heterocycles. The number of rotatable bonds is 3. The Balaban J connectivity index is 1.41. The first-order valence-corrected chi connectivity index (χ1v) is 11.7. The van der Waals surface area contributed by atoms with Crippen molar-refractivity contribution in [3.05, 3.63) is 53.3 Å². The van der Waals surface area contributed by atoms with E-state index in [0.717, 1.165) is 49.0 Å². The van der Waals surface area contributed by atoms with Crippen LogP contribution in [0.1, 0.15) is 49.7 Å². The second kappa shape index (κ2) is 7.74. The van der Waals surface area contributed by atoms with Gasteiger partial charge in [0.05, 0.1) is 23.8 Å². The lowest BCUT2D eigenvalue weighted by Crippen LogP contribution is -2.52. The number of halogens is 1. The van der Waals surface area contributed by atoms with Crippen molar-refractivity contribution in [2.24, 2.45) is 16.6 Å². The zero-order chi connectivity index (χ0) is 22.6. The van der Waals surface area contributed by atoms with Gasteiger partial charge in [0.15, 0.2) is 0 Å². The quantitative estimate of drug-likeness (QED) is 0.753. The van der Waals surface area contributed by atoms with E-state index in [0.29, 0.717) is 18.3 Å². The molecule has 0 saturated heterocycles. The molecule has 0 aromatic heterocycles. The van der Waals surface area contributed by atoms with Crippen molar-refractivity contribution >= 4 is 6.02 Å². The Morgan fingerprint density at radius 1 is 1.09 bits per heavy atom. The lowest BCUT2D eigenvalue weighted by Gasteiger charge is -2.48. The van der Waals surface area contributed by atoms with Gasteiger partial charge in [-0.25, -0.2) is 9.38 Å². The Bertz CT molecular complexity index is 1170. The van der Waals surface area contributed by atoms with Crippen LogP contribution in [-0.2, 0) is 15.0 Å². The number of nitrogens with two attached hydrogens (primary N) is 1. The highest BCUT2D eigenvalue weighted by Crippen LogP contribution is 2.53. The molecule has 4 aliphatic rings. The summed E-state index contributed by atoms with van der Waals surface area (Å²) in [6, 6.07) is 12.4. The standard InChI is InChI=1S/C26H26FN3O3/c27-18-9-15(13-28)8-17(10-18)16-4-6-23-21(11-16)26(14-31-25(29)30-26)22-12-20(5-7-24(22)33-23)32-19-2-1-3-19/h4,6,8-11,19-20,22,24H,1-3,5,7,12,14H2,(H2,29,30)/t20-,22-,24-,26?/m0/s1. The molecular weight excluding hydrogens is 421 g/mol. The smallest absolute Gasteiger partial charge is 0.283 e. The number of hydrogen-bond acceptors (Lipinski definition) is 6. The van der Waals surface area contributed by atoms with Crippen LogP contribution in [0.15, 0.2) is 41.4 Å². The Morgan fingerprint density at radius 3 is 2.70 bits per heavy atom. The van der Waals surface area contributed by atoms with E-state index in [-0.39, 0.29) is 29.7 Å². The van der Waals surface area contributed by atoms with Crippen molar-refractivity contribution in [3.63, 3.8) is 0 Å². The number of amidine groups is 1. The first-order chi connectivity index (χ1) is 16.0. The molecule has 6 nitrogen and oxygen atoms in total. The SMILES string of the molecule is N#Cc1cc(F)cc(-c2ccc3c(c2)C2(COC(N)=N2)[C@H]2C[C@@H](OC4CCC4)CC[C@@H]2O3)c1. The van der Waals surface area contributed by atoms with Crippen molar-refractivity contribution in [2.45, 2.75) is 62.4 Å². The van der Waals surface area contributed by atoms with Gasteiger partial charge in [-0.15, -0.1) is 0 Å². The Kier molecular flexibility index (Phi) is 4.81. The fourth-order valence-corrected chi connectivity index (χ4v) is 5.76. The van der Waals surface area contributed by atoms with Crippen molar-refractivity contribution in [3.8, 4) is 22.9 Å². The molecule has 2 aliphatic heterocycles. The van der Waals surface area contributed by atoms with Crippen LogP contribution in [0, 0.1) is 23.1 Å². The summed E-state index contributed by atoms with van der Waals surface area (Å²) in [6.45, 7) is 0.350. The lowest BCUT2D eigenvalue weighted by molar-refractivity contribution is -0.106. The predicted molar refractivity (Wildman–Crippen MR) is 120 cm³/mol. The number of benzene rings is 2. The predicted octanol–water partition coefficient (Wildman–Crippen LogP) is 4.40. The molecule has 6 rings (SSSR count). The summed E-state index contributed by atoms with van der Waals surface area (Å²) >= 11 is 0. The van der Waals surface area contributed by atoms with Crippen molar-refractivity contribution < 1.29 is 18.6 Å². The zero-order valence-corrected chi connectivity index (χ0v) is 18.3. The van der Waals surface area contributed by atoms with Crippen molar-refractivity contribution in [2.75, 3.05) is 6.61 Å². The van der Waals surface area contributed by atoms with Crippen LogP contribution in [-0.4, -0.2) is 30.9 Å². The van der Waals surface area contributed by atoms with Crippen LogP contribution in [0.5, 0.6) is 5.75 Å². The van der Waals surface area contributed by atoms with Gasteiger partial charge in [-0.3, -0.25) is 0 Å². The number of ether oxygens (including phenoxy) is 3. The third-order valence-corrected chi connectivity index (χ3v) is 7.62. The fraction of sp³-hybridized carbons (Fsp3) is 0.462. The second-order valence-electron chi connectivity index (χ2n) is 9.60. The Morgan fingerprint density at radius 2 is 1.97 bits per heavy atom.